The van der Waals surface area contributed by atoms with Crippen LogP contribution in [0.1, 0.15) is 38.3 Å². The molecule has 6 nitrogen and oxygen atoms in total. The minimum Gasteiger partial charge on any atom is -0.435 e. The number of rotatable bonds is 8. The average Bonchev–Trinajstić information content (AvgIpc) is 2.91. The van der Waals surface area contributed by atoms with Gasteiger partial charge in [-0.3, -0.25) is 19.3 Å². The topological polar surface area (TPSA) is 75.7 Å². The molecular formula is C21H20F2N2O4. The van der Waals surface area contributed by atoms with Gasteiger partial charge in [0.15, 0.2) is 0 Å². The molecule has 0 radical (unpaired) electrons. The summed E-state index contributed by atoms with van der Waals surface area (Å²) in [5, 5.41) is 2.72. The Balaban J connectivity index is 1.44. The van der Waals surface area contributed by atoms with E-state index in [0.717, 1.165) is 16.0 Å². The Hall–Kier alpha value is -3.29. The zero-order valence-corrected chi connectivity index (χ0v) is 15.8. The highest BCUT2D eigenvalue weighted by Crippen LogP contribution is 2.24. The Bertz CT molecular complexity index is 929. The molecule has 0 aliphatic carbocycles. The highest BCUT2D eigenvalue weighted by atomic mass is 19.3. The van der Waals surface area contributed by atoms with Crippen molar-refractivity contribution in [2.24, 2.45) is 0 Å². The van der Waals surface area contributed by atoms with Gasteiger partial charge in [0, 0.05) is 19.5 Å². The fraction of sp³-hybridized carbons (Fsp3) is 0.286. The van der Waals surface area contributed by atoms with E-state index in [1.165, 1.54) is 12.1 Å². The van der Waals surface area contributed by atoms with E-state index in [2.05, 4.69) is 10.1 Å². The van der Waals surface area contributed by atoms with Crippen molar-refractivity contribution in [2.75, 3.05) is 13.1 Å². The second-order valence-electron chi connectivity index (χ2n) is 6.68. The van der Waals surface area contributed by atoms with E-state index in [1.54, 1.807) is 30.3 Å². The fourth-order valence-corrected chi connectivity index (χ4v) is 3.09. The maximum absolute atomic E-state index is 12.4. The molecule has 0 aromatic heterocycles. The summed E-state index contributed by atoms with van der Waals surface area (Å²) < 4.78 is 28.5. The van der Waals surface area contributed by atoms with E-state index >= 15 is 0 Å². The van der Waals surface area contributed by atoms with Crippen molar-refractivity contribution in [1.29, 1.82) is 0 Å². The molecule has 0 unspecified atom stereocenters. The molecule has 29 heavy (non-hydrogen) atoms. The summed E-state index contributed by atoms with van der Waals surface area (Å²) in [6.45, 7) is -0.675. The lowest BCUT2D eigenvalue weighted by Gasteiger charge is -2.13. The number of nitrogens with zero attached hydrogens (tertiary/aromatic N) is 1. The van der Waals surface area contributed by atoms with Crippen molar-refractivity contribution in [3.63, 3.8) is 0 Å². The van der Waals surface area contributed by atoms with Crippen LogP contribution in [-0.2, 0) is 11.2 Å². The monoisotopic (exact) mass is 402 g/mol. The second-order valence-corrected chi connectivity index (χ2v) is 6.68. The van der Waals surface area contributed by atoms with Gasteiger partial charge in [-0.1, -0.05) is 23.8 Å². The first-order valence-corrected chi connectivity index (χ1v) is 9.12. The van der Waals surface area contributed by atoms with Crippen molar-refractivity contribution in [2.45, 2.75) is 26.4 Å². The van der Waals surface area contributed by atoms with E-state index in [0.29, 0.717) is 24.1 Å². The molecule has 0 saturated heterocycles. The third-order valence-corrected chi connectivity index (χ3v) is 4.57. The van der Waals surface area contributed by atoms with Crippen LogP contribution >= 0.6 is 0 Å². The number of hydrogen-bond donors (Lipinski definition) is 1. The van der Waals surface area contributed by atoms with Crippen molar-refractivity contribution < 1.29 is 27.9 Å². The lowest BCUT2D eigenvalue weighted by atomic mass is 10.1. The molecule has 0 spiro atoms. The van der Waals surface area contributed by atoms with Crippen LogP contribution in [0.25, 0.3) is 0 Å². The first-order valence-electron chi connectivity index (χ1n) is 9.12. The Labute approximate surface area is 166 Å². The number of carbonyl (C=O) groups excluding carboxylic acids is 3. The number of halogens is 2. The molecule has 3 amide bonds. The largest absolute Gasteiger partial charge is 0.435 e. The molecule has 2 aromatic carbocycles. The summed E-state index contributed by atoms with van der Waals surface area (Å²) in [5.74, 6) is -0.976. The third kappa shape index (κ3) is 4.96. The zero-order chi connectivity index (χ0) is 21.0. The maximum Gasteiger partial charge on any atom is 0.387 e. The number of alkyl halides is 2. The van der Waals surface area contributed by atoms with Crippen LogP contribution < -0.4 is 10.1 Å². The van der Waals surface area contributed by atoms with Gasteiger partial charge in [-0.25, -0.2) is 0 Å². The summed E-state index contributed by atoms with van der Waals surface area (Å²) >= 11 is 0. The highest BCUT2D eigenvalue weighted by Gasteiger charge is 2.35. The first kappa shape index (κ1) is 20.4. The number of ether oxygens (including phenoxy) is 1. The van der Waals surface area contributed by atoms with Gasteiger partial charge in [-0.15, -0.1) is 0 Å². The number of aryl methyl sites for hydroxylation is 1. The van der Waals surface area contributed by atoms with Gasteiger partial charge >= 0.3 is 6.61 Å². The van der Waals surface area contributed by atoms with Gasteiger partial charge in [-0.2, -0.15) is 8.78 Å². The van der Waals surface area contributed by atoms with Crippen LogP contribution in [0.4, 0.5) is 8.78 Å². The number of hydrogen-bond acceptors (Lipinski definition) is 4. The quantitative estimate of drug-likeness (QED) is 0.689. The third-order valence-electron chi connectivity index (χ3n) is 4.57. The van der Waals surface area contributed by atoms with Gasteiger partial charge in [0.05, 0.1) is 11.1 Å². The molecule has 2 aromatic rings. The molecule has 3 rings (SSSR count). The molecule has 1 aliphatic heterocycles. The number of benzene rings is 2. The minimum atomic E-state index is -2.87. The lowest BCUT2D eigenvalue weighted by molar-refractivity contribution is -0.121. The van der Waals surface area contributed by atoms with Crippen molar-refractivity contribution in [1.82, 2.24) is 10.2 Å². The Morgan fingerprint density at radius 1 is 1.07 bits per heavy atom. The lowest BCUT2D eigenvalue weighted by Crippen LogP contribution is -2.35. The Kier molecular flexibility index (Phi) is 6.21. The predicted octanol–water partition coefficient (Wildman–Crippen LogP) is 2.94. The molecule has 0 atom stereocenters. The number of amides is 3. The van der Waals surface area contributed by atoms with E-state index in [-0.39, 0.29) is 36.4 Å². The SMILES string of the molecule is Cc1ccc2c(c1)C(=O)N(CCC(=O)NCCc1ccc(OC(F)F)cc1)C2=O. The summed E-state index contributed by atoms with van der Waals surface area (Å²) in [6, 6.07) is 11.2. The summed E-state index contributed by atoms with van der Waals surface area (Å²) in [5.41, 5.74) is 2.47. The van der Waals surface area contributed by atoms with Crippen LogP contribution in [0, 0.1) is 6.92 Å². The van der Waals surface area contributed by atoms with Gasteiger partial charge in [0.1, 0.15) is 5.75 Å². The van der Waals surface area contributed by atoms with E-state index in [1.807, 2.05) is 6.92 Å². The number of imide groups is 1. The minimum absolute atomic E-state index is 0.00557. The van der Waals surface area contributed by atoms with Crippen LogP contribution in [0.5, 0.6) is 5.75 Å². The van der Waals surface area contributed by atoms with Gasteiger partial charge in [0.2, 0.25) is 5.91 Å². The van der Waals surface area contributed by atoms with Crippen LogP contribution in [-0.4, -0.2) is 42.3 Å². The molecule has 1 N–H and O–H groups in total. The fourth-order valence-electron chi connectivity index (χ4n) is 3.09. The number of carbonyl (C=O) groups is 3. The summed E-state index contributed by atoms with van der Waals surface area (Å²) in [7, 11) is 0. The zero-order valence-electron chi connectivity index (χ0n) is 15.8. The summed E-state index contributed by atoms with van der Waals surface area (Å²) in [4.78, 5) is 37.9. The predicted molar refractivity (Wildman–Crippen MR) is 101 cm³/mol. The molecule has 0 saturated carbocycles. The molecular weight excluding hydrogens is 382 g/mol. The van der Waals surface area contributed by atoms with Crippen LogP contribution in [0.15, 0.2) is 42.5 Å². The van der Waals surface area contributed by atoms with Crippen LogP contribution in [0.2, 0.25) is 0 Å². The molecule has 1 heterocycles. The Morgan fingerprint density at radius 2 is 1.76 bits per heavy atom. The summed E-state index contributed by atoms with van der Waals surface area (Å²) in [6.07, 6.45) is 0.513. The van der Waals surface area contributed by atoms with Crippen molar-refractivity contribution >= 4 is 17.7 Å². The standard InChI is InChI=1S/C21H20F2N2O4/c1-13-2-7-16-17(12-13)20(28)25(19(16)27)11-9-18(26)24-10-8-14-3-5-15(6-4-14)29-21(22)23/h2-7,12,21H,8-11H2,1H3,(H,24,26). The molecule has 0 bridgehead atoms. The van der Waals surface area contributed by atoms with Crippen molar-refractivity contribution in [3.05, 3.63) is 64.7 Å². The normalized spacial score (nSPS) is 13.0. The van der Waals surface area contributed by atoms with Crippen LogP contribution in [0.3, 0.4) is 0 Å². The Morgan fingerprint density at radius 3 is 2.45 bits per heavy atom. The molecule has 152 valence electrons. The highest BCUT2D eigenvalue weighted by molar-refractivity contribution is 6.21. The van der Waals surface area contributed by atoms with Gasteiger partial charge in [0.25, 0.3) is 11.8 Å². The number of nitrogens with one attached hydrogen (secondary N) is 1. The molecule has 8 heteroatoms. The van der Waals surface area contributed by atoms with E-state index < -0.39 is 6.61 Å². The maximum atomic E-state index is 12.4. The smallest absolute Gasteiger partial charge is 0.387 e. The van der Waals surface area contributed by atoms with E-state index in [4.69, 9.17) is 0 Å². The molecule has 1 aliphatic rings. The average molecular weight is 402 g/mol. The van der Waals surface area contributed by atoms with E-state index in [9.17, 15) is 23.2 Å². The number of fused-ring (bicyclic) bond motifs is 1. The van der Waals surface area contributed by atoms with Gasteiger partial charge < -0.3 is 10.1 Å². The van der Waals surface area contributed by atoms with Gasteiger partial charge in [-0.05, 0) is 43.2 Å². The molecule has 0 fully saturated rings. The first-order chi connectivity index (χ1) is 13.8. The van der Waals surface area contributed by atoms with Crippen molar-refractivity contribution in [3.8, 4) is 5.75 Å². The second kappa shape index (κ2) is 8.81.